The Morgan fingerprint density at radius 3 is 2.33 bits per heavy atom. The van der Waals surface area contributed by atoms with E-state index in [0.29, 0.717) is 0 Å². The molecular formula is C8H11FNOP. The maximum absolute atomic E-state index is 13.1. The Morgan fingerprint density at radius 1 is 1.42 bits per heavy atom. The van der Waals surface area contributed by atoms with Crippen molar-refractivity contribution >= 4 is 18.1 Å². The van der Waals surface area contributed by atoms with Gasteiger partial charge in [-0.15, -0.1) is 0 Å². The lowest BCUT2D eigenvalue weighted by Crippen LogP contribution is -2.13. The quantitative estimate of drug-likeness (QED) is 0.536. The van der Waals surface area contributed by atoms with Gasteiger partial charge in [0, 0.05) is 5.69 Å². The first-order chi connectivity index (χ1) is 5.43. The third-order valence-electron chi connectivity index (χ3n) is 1.56. The molecular weight excluding hydrogens is 176 g/mol. The molecule has 0 saturated heterocycles. The van der Waals surface area contributed by atoms with E-state index >= 15 is 0 Å². The van der Waals surface area contributed by atoms with E-state index in [0.717, 1.165) is 0 Å². The molecule has 1 aromatic rings. The van der Waals surface area contributed by atoms with Gasteiger partial charge in [0.2, 0.25) is 0 Å². The zero-order chi connectivity index (χ0) is 9.35. The van der Waals surface area contributed by atoms with E-state index in [-0.39, 0.29) is 11.0 Å². The number of nitrogens with two attached hydrogens (primary N) is 1. The lowest BCUT2D eigenvalue weighted by atomic mass is 10.3. The molecule has 12 heavy (non-hydrogen) atoms. The first kappa shape index (κ1) is 9.27. The monoisotopic (exact) mass is 187 g/mol. The first-order valence-electron chi connectivity index (χ1n) is 3.52. The van der Waals surface area contributed by atoms with Gasteiger partial charge >= 0.3 is 0 Å². The minimum absolute atomic E-state index is 0.157. The molecule has 0 bridgehead atoms. The van der Waals surface area contributed by atoms with E-state index in [1.165, 1.54) is 25.5 Å². The van der Waals surface area contributed by atoms with Crippen LogP contribution in [0.3, 0.4) is 0 Å². The minimum Gasteiger partial charge on any atom is -0.398 e. The van der Waals surface area contributed by atoms with E-state index in [1.54, 1.807) is 6.07 Å². The molecule has 0 amide bonds. The molecule has 1 aromatic carbocycles. The van der Waals surface area contributed by atoms with Crippen molar-refractivity contribution in [2.45, 2.75) is 0 Å². The van der Waals surface area contributed by atoms with Crippen LogP contribution in [0.15, 0.2) is 18.2 Å². The highest BCUT2D eigenvalue weighted by Crippen LogP contribution is 2.37. The summed E-state index contributed by atoms with van der Waals surface area (Å²) in [6, 6.07) is 4.33. The summed E-state index contributed by atoms with van der Waals surface area (Å²) in [4.78, 5) is 0. The Labute approximate surface area is 71.0 Å². The average molecular weight is 187 g/mol. The molecule has 2 N–H and O–H groups in total. The Morgan fingerprint density at radius 2 is 2.00 bits per heavy atom. The molecule has 66 valence electrons. The number of anilines is 1. The Kier molecular flexibility index (Phi) is 2.25. The topological polar surface area (TPSA) is 43.1 Å². The van der Waals surface area contributed by atoms with Crippen LogP contribution in [0.25, 0.3) is 0 Å². The molecule has 0 unspecified atom stereocenters. The smallest absolute Gasteiger partial charge is 0.135 e. The second-order valence-corrected chi connectivity index (χ2v) is 6.18. The summed E-state index contributed by atoms with van der Waals surface area (Å²) in [7, 11) is -2.59. The van der Waals surface area contributed by atoms with Crippen molar-refractivity contribution in [2.24, 2.45) is 0 Å². The summed E-state index contributed by atoms with van der Waals surface area (Å²) in [6.07, 6.45) is 0. The predicted molar refractivity (Wildman–Crippen MR) is 49.9 cm³/mol. The van der Waals surface area contributed by atoms with Crippen LogP contribution in [0, 0.1) is 5.82 Å². The van der Waals surface area contributed by atoms with Gasteiger partial charge in [-0.2, -0.15) is 0 Å². The maximum Gasteiger partial charge on any atom is 0.135 e. The molecule has 2 nitrogen and oxygen atoms in total. The summed E-state index contributed by atoms with van der Waals surface area (Å²) in [5, 5.41) is 0.157. The third-order valence-corrected chi connectivity index (χ3v) is 3.11. The van der Waals surface area contributed by atoms with Crippen molar-refractivity contribution in [3.05, 3.63) is 24.0 Å². The van der Waals surface area contributed by atoms with Gasteiger partial charge in [-0.05, 0) is 25.5 Å². The van der Waals surface area contributed by atoms with Crippen LogP contribution >= 0.6 is 7.14 Å². The van der Waals surface area contributed by atoms with Crippen LogP contribution < -0.4 is 11.0 Å². The van der Waals surface area contributed by atoms with Crippen LogP contribution in [-0.2, 0) is 4.57 Å². The second-order valence-electron chi connectivity index (χ2n) is 3.03. The summed E-state index contributed by atoms with van der Waals surface area (Å²) in [6.45, 7) is 3.00. The van der Waals surface area contributed by atoms with E-state index in [2.05, 4.69) is 0 Å². The van der Waals surface area contributed by atoms with Gasteiger partial charge in [-0.1, -0.05) is 6.07 Å². The second kappa shape index (κ2) is 2.91. The van der Waals surface area contributed by atoms with Gasteiger partial charge in [-0.3, -0.25) is 0 Å². The average Bonchev–Trinajstić information content (AvgIpc) is 1.82. The highest BCUT2D eigenvalue weighted by Gasteiger charge is 2.18. The lowest BCUT2D eigenvalue weighted by molar-refractivity contribution is 0.585. The minimum atomic E-state index is -2.59. The number of benzene rings is 1. The van der Waals surface area contributed by atoms with Gasteiger partial charge < -0.3 is 10.3 Å². The molecule has 0 aromatic heterocycles. The molecule has 0 atom stereocenters. The molecule has 0 radical (unpaired) electrons. The highest BCUT2D eigenvalue weighted by atomic mass is 31.2. The van der Waals surface area contributed by atoms with Crippen molar-refractivity contribution < 1.29 is 8.96 Å². The summed E-state index contributed by atoms with van der Waals surface area (Å²) < 4.78 is 24.6. The van der Waals surface area contributed by atoms with Crippen molar-refractivity contribution in [2.75, 3.05) is 19.1 Å². The van der Waals surface area contributed by atoms with Gasteiger partial charge in [0.05, 0.1) is 5.30 Å². The molecule has 0 aliphatic rings. The number of hydrogen-bond acceptors (Lipinski definition) is 2. The Balaban J connectivity index is 3.42. The number of nitrogen functional groups attached to an aromatic ring is 1. The zero-order valence-electron chi connectivity index (χ0n) is 7.04. The van der Waals surface area contributed by atoms with Crippen LogP contribution in [-0.4, -0.2) is 13.3 Å². The molecule has 1 rings (SSSR count). The molecule has 0 fully saturated rings. The number of hydrogen-bond donors (Lipinski definition) is 1. The fourth-order valence-electron chi connectivity index (χ4n) is 1.10. The molecule has 0 heterocycles. The SMILES string of the molecule is CP(C)(=O)c1c(N)cccc1F. The van der Waals surface area contributed by atoms with Crippen molar-refractivity contribution in [1.29, 1.82) is 0 Å². The van der Waals surface area contributed by atoms with Gasteiger partial charge in [-0.25, -0.2) is 4.39 Å². The molecule has 0 saturated carbocycles. The largest absolute Gasteiger partial charge is 0.398 e. The fraction of sp³-hybridized carbons (Fsp3) is 0.250. The van der Waals surface area contributed by atoms with Crippen LogP contribution in [0.4, 0.5) is 10.1 Å². The summed E-state index contributed by atoms with van der Waals surface area (Å²) in [5.74, 6) is -0.483. The predicted octanol–water partition coefficient (Wildman–Crippen LogP) is 1.66. The normalized spacial score (nSPS) is 11.6. The van der Waals surface area contributed by atoms with E-state index in [4.69, 9.17) is 5.73 Å². The van der Waals surface area contributed by atoms with Crippen molar-refractivity contribution in [3.8, 4) is 0 Å². The van der Waals surface area contributed by atoms with Crippen molar-refractivity contribution in [3.63, 3.8) is 0 Å². The van der Waals surface area contributed by atoms with Gasteiger partial charge in [0.1, 0.15) is 13.0 Å². The van der Waals surface area contributed by atoms with Crippen LogP contribution in [0.2, 0.25) is 0 Å². The summed E-state index contributed by atoms with van der Waals surface area (Å²) in [5.41, 5.74) is 5.76. The summed E-state index contributed by atoms with van der Waals surface area (Å²) >= 11 is 0. The van der Waals surface area contributed by atoms with E-state index in [9.17, 15) is 8.96 Å². The number of rotatable bonds is 1. The third kappa shape index (κ3) is 1.67. The van der Waals surface area contributed by atoms with Crippen molar-refractivity contribution in [1.82, 2.24) is 0 Å². The zero-order valence-corrected chi connectivity index (χ0v) is 7.94. The molecule has 0 spiro atoms. The molecule has 4 heteroatoms. The van der Waals surface area contributed by atoms with Crippen LogP contribution in [0.5, 0.6) is 0 Å². The molecule has 0 aliphatic carbocycles. The fourth-order valence-corrected chi connectivity index (χ4v) is 2.39. The Bertz CT molecular complexity index is 325. The maximum atomic E-state index is 13.1. The first-order valence-corrected chi connectivity index (χ1v) is 6.12. The molecule has 0 aliphatic heterocycles. The lowest BCUT2D eigenvalue weighted by Gasteiger charge is -2.10. The Hall–Kier alpha value is -0.820. The van der Waals surface area contributed by atoms with E-state index in [1.807, 2.05) is 0 Å². The number of halogens is 1. The van der Waals surface area contributed by atoms with Gasteiger partial charge in [0.25, 0.3) is 0 Å². The standard InChI is InChI=1S/C8H11FNOP/c1-12(2,11)8-6(9)4-3-5-7(8)10/h3-5H,10H2,1-2H3. The van der Waals surface area contributed by atoms with E-state index < -0.39 is 13.0 Å². The van der Waals surface area contributed by atoms with Crippen LogP contribution in [0.1, 0.15) is 0 Å². The van der Waals surface area contributed by atoms with Gasteiger partial charge in [0.15, 0.2) is 0 Å². The highest BCUT2D eigenvalue weighted by molar-refractivity contribution is 7.70.